The fraction of sp³-hybridized carbons (Fsp3) is 0.250. The minimum atomic E-state index is -0.260. The Kier molecular flexibility index (Phi) is 3.57. The number of nitrogens with zero attached hydrogens (tertiary/aromatic N) is 3. The second-order valence-corrected chi connectivity index (χ2v) is 3.93. The van der Waals surface area contributed by atoms with E-state index in [0.29, 0.717) is 18.7 Å². The summed E-state index contributed by atoms with van der Waals surface area (Å²) in [5.74, 6) is -0.260. The fourth-order valence-electron chi connectivity index (χ4n) is 1.59. The average molecular weight is 245 g/mol. The van der Waals surface area contributed by atoms with Gasteiger partial charge in [-0.2, -0.15) is 5.10 Å². The van der Waals surface area contributed by atoms with Gasteiger partial charge in [-0.1, -0.05) is 0 Å². The van der Waals surface area contributed by atoms with Crippen LogP contribution in [-0.4, -0.2) is 27.2 Å². The zero-order valence-corrected chi connectivity index (χ0v) is 10.1. The second-order valence-electron chi connectivity index (χ2n) is 3.93. The van der Waals surface area contributed by atoms with Crippen LogP contribution in [0, 0.1) is 0 Å². The van der Waals surface area contributed by atoms with Crippen LogP contribution in [-0.2, 0) is 13.5 Å². The maximum atomic E-state index is 11.8. The van der Waals surface area contributed by atoms with Gasteiger partial charge in [0.2, 0.25) is 0 Å². The Morgan fingerprint density at radius 2 is 2.33 bits per heavy atom. The van der Waals surface area contributed by atoms with Crippen molar-refractivity contribution in [3.8, 4) is 0 Å². The number of anilines is 1. The Labute approximate surface area is 105 Å². The monoisotopic (exact) mass is 245 g/mol. The topological polar surface area (TPSA) is 85.8 Å². The molecule has 0 aromatic carbocycles. The van der Waals surface area contributed by atoms with E-state index in [1.165, 1.54) is 0 Å². The molecule has 0 aliphatic heterocycles. The molecular formula is C12H15N5O. The fourth-order valence-corrected chi connectivity index (χ4v) is 1.59. The van der Waals surface area contributed by atoms with Gasteiger partial charge in [0, 0.05) is 32.4 Å². The first kappa shape index (κ1) is 12.1. The minimum absolute atomic E-state index is 0.260. The molecule has 0 aliphatic carbocycles. The van der Waals surface area contributed by atoms with Crippen LogP contribution in [0.3, 0.4) is 0 Å². The van der Waals surface area contributed by atoms with E-state index >= 15 is 0 Å². The number of hydrogen-bond donors (Lipinski definition) is 2. The molecule has 0 saturated heterocycles. The number of hydrogen-bond acceptors (Lipinski definition) is 4. The third-order valence-corrected chi connectivity index (χ3v) is 2.49. The first-order valence-electron chi connectivity index (χ1n) is 5.64. The van der Waals surface area contributed by atoms with Crippen LogP contribution in [0.5, 0.6) is 0 Å². The number of carbonyl (C=O) groups excluding carboxylic acids is 1. The molecule has 6 heteroatoms. The van der Waals surface area contributed by atoms with Crippen molar-refractivity contribution in [3.05, 3.63) is 42.0 Å². The number of aryl methyl sites for hydroxylation is 1. The Morgan fingerprint density at radius 1 is 1.50 bits per heavy atom. The molecule has 0 unspecified atom stereocenters. The van der Waals surface area contributed by atoms with Gasteiger partial charge in [-0.25, -0.2) is 4.98 Å². The molecule has 2 aromatic heterocycles. The van der Waals surface area contributed by atoms with Crippen molar-refractivity contribution >= 4 is 11.6 Å². The van der Waals surface area contributed by atoms with Crippen molar-refractivity contribution in [1.29, 1.82) is 0 Å². The summed E-state index contributed by atoms with van der Waals surface area (Å²) in [7, 11) is 1.86. The number of aromatic nitrogens is 3. The van der Waals surface area contributed by atoms with Crippen molar-refractivity contribution < 1.29 is 4.79 Å². The van der Waals surface area contributed by atoms with Crippen LogP contribution in [0.15, 0.2) is 30.6 Å². The molecule has 0 spiro atoms. The lowest BCUT2D eigenvalue weighted by Crippen LogP contribution is -2.27. The smallest absolute Gasteiger partial charge is 0.272 e. The summed E-state index contributed by atoms with van der Waals surface area (Å²) in [6.45, 7) is 0.506. The van der Waals surface area contributed by atoms with E-state index in [0.717, 1.165) is 5.69 Å². The number of nitrogens with one attached hydrogen (secondary N) is 1. The highest BCUT2D eigenvalue weighted by atomic mass is 16.1. The highest BCUT2D eigenvalue weighted by Crippen LogP contribution is 2.06. The van der Waals surface area contributed by atoms with Gasteiger partial charge in [0.15, 0.2) is 5.69 Å². The van der Waals surface area contributed by atoms with Crippen molar-refractivity contribution in [3.63, 3.8) is 0 Å². The number of nitrogens with two attached hydrogens (primary N) is 1. The molecule has 18 heavy (non-hydrogen) atoms. The third-order valence-electron chi connectivity index (χ3n) is 2.49. The molecule has 6 nitrogen and oxygen atoms in total. The standard InChI is InChI=1S/C12H15N5O/c1-17-8-5-9(16-17)4-7-15-12(18)11-10(13)3-2-6-14-11/h2-3,5-6,8H,4,7,13H2,1H3,(H,15,18). The molecule has 0 fully saturated rings. The van der Waals surface area contributed by atoms with Crippen molar-refractivity contribution in [2.75, 3.05) is 12.3 Å². The molecular weight excluding hydrogens is 230 g/mol. The quantitative estimate of drug-likeness (QED) is 0.814. The summed E-state index contributed by atoms with van der Waals surface area (Å²) in [6.07, 6.45) is 4.09. The predicted octanol–water partition coefficient (Wildman–Crippen LogP) is 0.370. The van der Waals surface area contributed by atoms with Gasteiger partial charge in [0.25, 0.3) is 5.91 Å². The number of nitrogen functional groups attached to an aromatic ring is 1. The normalized spacial score (nSPS) is 10.3. The van der Waals surface area contributed by atoms with Gasteiger partial charge in [-0.05, 0) is 18.2 Å². The highest BCUT2D eigenvalue weighted by molar-refractivity contribution is 5.96. The summed E-state index contributed by atoms with van der Waals surface area (Å²) in [5.41, 5.74) is 7.25. The van der Waals surface area contributed by atoms with Gasteiger partial charge < -0.3 is 11.1 Å². The lowest BCUT2D eigenvalue weighted by molar-refractivity contribution is 0.0950. The molecule has 0 aliphatic rings. The van der Waals surface area contributed by atoms with E-state index < -0.39 is 0 Å². The number of carbonyl (C=O) groups is 1. The molecule has 3 N–H and O–H groups in total. The lowest BCUT2D eigenvalue weighted by Gasteiger charge is -2.05. The first-order chi connectivity index (χ1) is 8.66. The summed E-state index contributed by atoms with van der Waals surface area (Å²) < 4.78 is 1.73. The van der Waals surface area contributed by atoms with Gasteiger partial charge in [0.05, 0.1) is 11.4 Å². The van der Waals surface area contributed by atoms with Gasteiger partial charge >= 0.3 is 0 Å². The highest BCUT2D eigenvalue weighted by Gasteiger charge is 2.09. The van der Waals surface area contributed by atoms with Crippen LogP contribution in [0.2, 0.25) is 0 Å². The van der Waals surface area contributed by atoms with Gasteiger partial charge in [0.1, 0.15) is 0 Å². The molecule has 1 amide bonds. The molecule has 2 heterocycles. The summed E-state index contributed by atoms with van der Waals surface area (Å²) in [6, 6.07) is 5.27. The molecule has 94 valence electrons. The van der Waals surface area contributed by atoms with Crippen molar-refractivity contribution in [2.45, 2.75) is 6.42 Å². The average Bonchev–Trinajstić information content (AvgIpc) is 2.75. The van der Waals surface area contributed by atoms with E-state index in [1.54, 1.807) is 23.0 Å². The van der Waals surface area contributed by atoms with Crippen LogP contribution >= 0.6 is 0 Å². The predicted molar refractivity (Wildman–Crippen MR) is 67.9 cm³/mol. The molecule has 0 bridgehead atoms. The number of pyridine rings is 1. The molecule has 0 saturated carbocycles. The number of amides is 1. The summed E-state index contributed by atoms with van der Waals surface area (Å²) in [4.78, 5) is 15.7. The van der Waals surface area contributed by atoms with Crippen LogP contribution in [0.1, 0.15) is 16.2 Å². The van der Waals surface area contributed by atoms with Crippen LogP contribution < -0.4 is 11.1 Å². The Hall–Kier alpha value is -2.37. The zero-order valence-electron chi connectivity index (χ0n) is 10.1. The zero-order chi connectivity index (χ0) is 13.0. The van der Waals surface area contributed by atoms with E-state index in [-0.39, 0.29) is 11.6 Å². The third kappa shape index (κ3) is 2.85. The number of rotatable bonds is 4. The van der Waals surface area contributed by atoms with E-state index in [1.807, 2.05) is 19.3 Å². The van der Waals surface area contributed by atoms with E-state index in [2.05, 4.69) is 15.4 Å². The van der Waals surface area contributed by atoms with Crippen molar-refractivity contribution in [1.82, 2.24) is 20.1 Å². The first-order valence-corrected chi connectivity index (χ1v) is 5.64. The van der Waals surface area contributed by atoms with E-state index in [4.69, 9.17) is 5.73 Å². The van der Waals surface area contributed by atoms with E-state index in [9.17, 15) is 4.79 Å². The maximum Gasteiger partial charge on any atom is 0.272 e. The largest absolute Gasteiger partial charge is 0.397 e. The molecule has 0 atom stereocenters. The maximum absolute atomic E-state index is 11.8. The Morgan fingerprint density at radius 3 is 3.00 bits per heavy atom. The molecule has 2 aromatic rings. The summed E-state index contributed by atoms with van der Waals surface area (Å²) >= 11 is 0. The Bertz CT molecular complexity index is 549. The van der Waals surface area contributed by atoms with Crippen LogP contribution in [0.25, 0.3) is 0 Å². The lowest BCUT2D eigenvalue weighted by atomic mass is 10.2. The Balaban J connectivity index is 1.87. The molecule has 2 rings (SSSR count). The SMILES string of the molecule is Cn1ccc(CCNC(=O)c2ncccc2N)n1. The van der Waals surface area contributed by atoms with Gasteiger partial charge in [-0.15, -0.1) is 0 Å². The molecule has 0 radical (unpaired) electrons. The second kappa shape index (κ2) is 5.31. The minimum Gasteiger partial charge on any atom is -0.397 e. The van der Waals surface area contributed by atoms with Gasteiger partial charge in [-0.3, -0.25) is 9.48 Å². The van der Waals surface area contributed by atoms with Crippen molar-refractivity contribution in [2.24, 2.45) is 7.05 Å². The van der Waals surface area contributed by atoms with Crippen LogP contribution in [0.4, 0.5) is 5.69 Å². The summed E-state index contributed by atoms with van der Waals surface area (Å²) in [5, 5.41) is 6.99.